The lowest BCUT2D eigenvalue weighted by molar-refractivity contribution is -0.385. The number of methoxy groups -OCH3 is 1. The fourth-order valence-corrected chi connectivity index (χ4v) is 4.24. The van der Waals surface area contributed by atoms with Crippen molar-refractivity contribution in [3.8, 4) is 11.5 Å². The molecule has 0 N–H and O–H groups in total. The molecule has 11 heteroatoms. The number of para-hydroxylation sites is 1. The molecule has 0 saturated carbocycles. The van der Waals surface area contributed by atoms with Gasteiger partial charge >= 0.3 is 5.97 Å². The standard InChI is InChI=1S/C20H17N3O7S/c1-28-18(24)6-7-22-14-10-15-16(30-9-8-29-15)11-17(14)31-20(22)21-19(25)12-4-2-3-5-13(12)23(26)27/h2-5,10-11H,6-9H2,1H3. The zero-order chi connectivity index (χ0) is 22.0. The second-order valence-electron chi connectivity index (χ2n) is 6.52. The van der Waals surface area contributed by atoms with Crippen molar-refractivity contribution < 1.29 is 28.7 Å². The maximum atomic E-state index is 12.8. The number of nitrogens with zero attached hydrogens (tertiary/aromatic N) is 3. The summed E-state index contributed by atoms with van der Waals surface area (Å²) in [6.45, 7) is 1.05. The zero-order valence-corrected chi connectivity index (χ0v) is 17.2. The molecule has 0 radical (unpaired) electrons. The van der Waals surface area contributed by atoms with E-state index < -0.39 is 16.8 Å². The van der Waals surface area contributed by atoms with Crippen LogP contribution in [0.15, 0.2) is 41.4 Å². The summed E-state index contributed by atoms with van der Waals surface area (Å²) in [6, 6.07) is 9.19. The van der Waals surface area contributed by atoms with Gasteiger partial charge in [0.1, 0.15) is 18.8 Å². The van der Waals surface area contributed by atoms with Crippen LogP contribution < -0.4 is 14.3 Å². The molecule has 0 atom stereocenters. The zero-order valence-electron chi connectivity index (χ0n) is 16.4. The lowest BCUT2D eigenvalue weighted by atomic mass is 10.2. The fraction of sp³-hybridized carbons (Fsp3) is 0.250. The molecule has 3 aromatic rings. The van der Waals surface area contributed by atoms with E-state index in [1.54, 1.807) is 16.7 Å². The van der Waals surface area contributed by atoms with E-state index in [-0.39, 0.29) is 24.2 Å². The van der Waals surface area contributed by atoms with E-state index in [2.05, 4.69) is 4.99 Å². The van der Waals surface area contributed by atoms with E-state index in [9.17, 15) is 19.7 Å². The lowest BCUT2D eigenvalue weighted by Crippen LogP contribution is -2.20. The van der Waals surface area contributed by atoms with Crippen molar-refractivity contribution in [2.24, 2.45) is 4.99 Å². The van der Waals surface area contributed by atoms with Crippen molar-refractivity contribution in [1.29, 1.82) is 0 Å². The predicted octanol–water partition coefficient (Wildman–Crippen LogP) is 2.69. The van der Waals surface area contributed by atoms with Gasteiger partial charge in [0.25, 0.3) is 11.6 Å². The minimum atomic E-state index is -0.747. The smallest absolute Gasteiger partial charge is 0.307 e. The molecule has 0 bridgehead atoms. The van der Waals surface area contributed by atoms with E-state index in [1.807, 2.05) is 0 Å². The Kier molecular flexibility index (Phi) is 5.67. The number of fused-ring (bicyclic) bond motifs is 2. The van der Waals surface area contributed by atoms with Crippen LogP contribution in [-0.4, -0.2) is 41.7 Å². The van der Waals surface area contributed by atoms with E-state index >= 15 is 0 Å². The molecular weight excluding hydrogens is 426 g/mol. The molecule has 0 saturated heterocycles. The quantitative estimate of drug-likeness (QED) is 0.337. The Morgan fingerprint density at radius 2 is 1.94 bits per heavy atom. The largest absolute Gasteiger partial charge is 0.486 e. The second kappa shape index (κ2) is 8.56. The van der Waals surface area contributed by atoms with Gasteiger partial charge in [0, 0.05) is 24.7 Å². The number of aromatic nitrogens is 1. The number of carbonyl (C=O) groups is 2. The number of esters is 1. The molecule has 1 aliphatic heterocycles. The highest BCUT2D eigenvalue weighted by Gasteiger charge is 2.21. The van der Waals surface area contributed by atoms with Gasteiger partial charge in [-0.2, -0.15) is 4.99 Å². The summed E-state index contributed by atoms with van der Waals surface area (Å²) < 4.78 is 18.4. The molecule has 2 heterocycles. The van der Waals surface area contributed by atoms with Crippen LogP contribution in [0.3, 0.4) is 0 Å². The molecule has 1 aliphatic rings. The van der Waals surface area contributed by atoms with Crippen LogP contribution in [0.1, 0.15) is 16.8 Å². The van der Waals surface area contributed by atoms with Gasteiger partial charge in [0.05, 0.1) is 28.7 Å². The number of rotatable bonds is 5. The van der Waals surface area contributed by atoms with Crippen molar-refractivity contribution in [3.63, 3.8) is 0 Å². The summed E-state index contributed by atoms with van der Waals surface area (Å²) in [5.41, 5.74) is 0.262. The summed E-state index contributed by atoms with van der Waals surface area (Å²) in [7, 11) is 1.30. The Morgan fingerprint density at radius 3 is 2.65 bits per heavy atom. The van der Waals surface area contributed by atoms with E-state index in [0.717, 1.165) is 4.70 Å². The van der Waals surface area contributed by atoms with E-state index in [1.165, 1.54) is 42.7 Å². The first-order chi connectivity index (χ1) is 15.0. The predicted molar refractivity (Wildman–Crippen MR) is 110 cm³/mol. The molecular formula is C20H17N3O7S. The number of benzene rings is 2. The number of hydrogen-bond acceptors (Lipinski definition) is 8. The molecule has 0 spiro atoms. The van der Waals surface area contributed by atoms with Crippen LogP contribution in [0.25, 0.3) is 10.2 Å². The normalized spacial score (nSPS) is 13.3. The number of aryl methyl sites for hydroxylation is 1. The van der Waals surface area contributed by atoms with Crippen LogP contribution in [-0.2, 0) is 16.1 Å². The molecule has 0 fully saturated rings. The van der Waals surface area contributed by atoms with Crippen LogP contribution in [0.5, 0.6) is 11.5 Å². The minimum absolute atomic E-state index is 0.0592. The third kappa shape index (κ3) is 4.12. The maximum absolute atomic E-state index is 12.8. The van der Waals surface area contributed by atoms with Gasteiger partial charge in [0.15, 0.2) is 16.3 Å². The van der Waals surface area contributed by atoms with Gasteiger partial charge in [-0.3, -0.25) is 19.7 Å². The van der Waals surface area contributed by atoms with E-state index in [4.69, 9.17) is 14.2 Å². The number of nitro groups is 1. The van der Waals surface area contributed by atoms with E-state index in [0.29, 0.717) is 35.0 Å². The highest BCUT2D eigenvalue weighted by atomic mass is 32.1. The topological polar surface area (TPSA) is 122 Å². The van der Waals surface area contributed by atoms with Crippen molar-refractivity contribution in [3.05, 3.63) is 56.9 Å². The average Bonchev–Trinajstić information content (AvgIpc) is 3.11. The van der Waals surface area contributed by atoms with Gasteiger partial charge in [0.2, 0.25) is 0 Å². The van der Waals surface area contributed by atoms with Gasteiger partial charge < -0.3 is 18.8 Å². The van der Waals surface area contributed by atoms with Gasteiger partial charge in [-0.15, -0.1) is 0 Å². The highest BCUT2D eigenvalue weighted by Crippen LogP contribution is 2.35. The third-order valence-corrected chi connectivity index (χ3v) is 5.68. The van der Waals surface area contributed by atoms with Crippen molar-refractivity contribution >= 4 is 39.1 Å². The maximum Gasteiger partial charge on any atom is 0.307 e. The summed E-state index contributed by atoms with van der Waals surface area (Å²) in [4.78, 5) is 39.6. The number of hydrogen-bond donors (Lipinski definition) is 0. The first-order valence-electron chi connectivity index (χ1n) is 9.30. The number of nitro benzene ring substituents is 1. The van der Waals surface area contributed by atoms with Crippen molar-refractivity contribution in [2.45, 2.75) is 13.0 Å². The number of thiazole rings is 1. The first kappa shape index (κ1) is 20.5. The average molecular weight is 443 g/mol. The van der Waals surface area contributed by atoms with Crippen molar-refractivity contribution in [1.82, 2.24) is 4.57 Å². The Balaban J connectivity index is 1.84. The molecule has 0 unspecified atom stereocenters. The molecule has 1 amide bonds. The molecule has 4 rings (SSSR count). The SMILES string of the molecule is COC(=O)CCn1c(=NC(=O)c2ccccc2[N+](=O)[O-])sc2cc3c(cc21)OCCO3. The number of carbonyl (C=O) groups excluding carboxylic acids is 2. The summed E-state index contributed by atoms with van der Waals surface area (Å²) in [5.74, 6) is -0.0278. The molecule has 2 aromatic carbocycles. The molecule has 0 aliphatic carbocycles. The van der Waals surface area contributed by atoms with Crippen LogP contribution in [0.2, 0.25) is 0 Å². The molecule has 1 aromatic heterocycles. The summed E-state index contributed by atoms with van der Waals surface area (Å²) in [6.07, 6.45) is 0.0592. The van der Waals surface area contributed by atoms with Crippen molar-refractivity contribution in [2.75, 3.05) is 20.3 Å². The monoisotopic (exact) mass is 443 g/mol. The van der Waals surface area contributed by atoms with Crippen LogP contribution in [0, 0.1) is 10.1 Å². The molecule has 31 heavy (non-hydrogen) atoms. The Labute approximate surface area is 179 Å². The Hall–Kier alpha value is -3.73. The van der Waals surface area contributed by atoms with Gasteiger partial charge in [-0.1, -0.05) is 23.5 Å². The van der Waals surface area contributed by atoms with Gasteiger partial charge in [-0.25, -0.2) is 0 Å². The Bertz CT molecular complexity index is 1260. The summed E-state index contributed by atoms with van der Waals surface area (Å²) in [5, 5.41) is 11.3. The lowest BCUT2D eigenvalue weighted by Gasteiger charge is -2.18. The second-order valence-corrected chi connectivity index (χ2v) is 7.53. The first-order valence-corrected chi connectivity index (χ1v) is 10.1. The Morgan fingerprint density at radius 1 is 1.23 bits per heavy atom. The van der Waals surface area contributed by atoms with Gasteiger partial charge in [-0.05, 0) is 6.07 Å². The molecule has 160 valence electrons. The summed E-state index contributed by atoms with van der Waals surface area (Å²) >= 11 is 1.21. The van der Waals surface area contributed by atoms with Crippen LogP contribution in [0.4, 0.5) is 5.69 Å². The van der Waals surface area contributed by atoms with Crippen LogP contribution >= 0.6 is 11.3 Å². The minimum Gasteiger partial charge on any atom is -0.486 e. The molecule has 10 nitrogen and oxygen atoms in total. The number of ether oxygens (including phenoxy) is 3. The number of amides is 1. The fourth-order valence-electron chi connectivity index (χ4n) is 3.17. The third-order valence-electron chi connectivity index (χ3n) is 4.64. The highest BCUT2D eigenvalue weighted by molar-refractivity contribution is 7.16.